The average Bonchev–Trinajstić information content (AvgIpc) is 3.47. The summed E-state index contributed by atoms with van der Waals surface area (Å²) in [6.07, 6.45) is 0.0329. The van der Waals surface area contributed by atoms with E-state index in [-0.39, 0.29) is 35.7 Å². The van der Waals surface area contributed by atoms with Gasteiger partial charge >= 0.3 is 12.1 Å². The molecule has 0 spiro atoms. The van der Waals surface area contributed by atoms with Crippen molar-refractivity contribution in [3.05, 3.63) is 70.8 Å². The van der Waals surface area contributed by atoms with E-state index in [0.717, 1.165) is 18.6 Å². The molecule has 2 aromatic carbocycles. The highest BCUT2D eigenvalue weighted by molar-refractivity contribution is 6.04. The van der Waals surface area contributed by atoms with Crippen LogP contribution in [0.3, 0.4) is 0 Å². The molecule has 1 amide bonds. The molecule has 1 aromatic heterocycles. The number of hydrogen-bond donors (Lipinski definition) is 2. The summed E-state index contributed by atoms with van der Waals surface area (Å²) in [6, 6.07) is 5.21. The van der Waals surface area contributed by atoms with Crippen molar-refractivity contribution in [2.75, 3.05) is 5.32 Å². The zero-order valence-electron chi connectivity index (χ0n) is 19.9. The zero-order chi connectivity index (χ0) is 26.4. The Kier molecular flexibility index (Phi) is 6.40. The third-order valence-electron chi connectivity index (χ3n) is 6.75. The SMILES string of the molecule is CC[C@H](C)n1cc(-c2c(C)cc(NC(=O)C3(c4ccc(C(F)(F)F)cc4F)CC3)cc2C(=O)O)cn1. The molecule has 0 aliphatic heterocycles. The molecular weight excluding hydrogens is 478 g/mol. The second kappa shape index (κ2) is 9.07. The van der Waals surface area contributed by atoms with E-state index in [0.29, 0.717) is 22.8 Å². The maximum absolute atomic E-state index is 14.6. The Labute approximate surface area is 204 Å². The molecular formula is C26H25F4N3O3. The van der Waals surface area contributed by atoms with E-state index >= 15 is 0 Å². The van der Waals surface area contributed by atoms with Crippen LogP contribution in [0.1, 0.15) is 66.2 Å². The highest BCUT2D eigenvalue weighted by Gasteiger charge is 2.53. The van der Waals surface area contributed by atoms with Crippen LogP contribution in [-0.4, -0.2) is 26.8 Å². The Bertz CT molecular complexity index is 1340. The second-order valence-electron chi connectivity index (χ2n) is 9.22. The third-order valence-corrected chi connectivity index (χ3v) is 6.75. The van der Waals surface area contributed by atoms with Crippen LogP contribution in [0.4, 0.5) is 23.2 Å². The van der Waals surface area contributed by atoms with E-state index in [2.05, 4.69) is 10.4 Å². The van der Waals surface area contributed by atoms with Gasteiger partial charge in [-0.3, -0.25) is 9.48 Å². The lowest BCUT2D eigenvalue weighted by atomic mass is 9.92. The van der Waals surface area contributed by atoms with E-state index in [1.807, 2.05) is 13.8 Å². The molecule has 0 bridgehead atoms. The number of halogens is 4. The lowest BCUT2D eigenvalue weighted by Gasteiger charge is -2.19. The lowest BCUT2D eigenvalue weighted by Crippen LogP contribution is -2.29. The Morgan fingerprint density at radius 1 is 1.22 bits per heavy atom. The van der Waals surface area contributed by atoms with Crippen molar-refractivity contribution in [1.29, 1.82) is 0 Å². The van der Waals surface area contributed by atoms with Gasteiger partial charge in [0.05, 0.1) is 22.7 Å². The number of nitrogens with zero attached hydrogens (tertiary/aromatic N) is 2. The first-order chi connectivity index (χ1) is 16.9. The van der Waals surface area contributed by atoms with Gasteiger partial charge in [-0.15, -0.1) is 0 Å². The van der Waals surface area contributed by atoms with E-state index in [4.69, 9.17) is 0 Å². The number of alkyl halides is 3. The monoisotopic (exact) mass is 503 g/mol. The Balaban J connectivity index is 1.65. The van der Waals surface area contributed by atoms with E-state index in [1.54, 1.807) is 30.1 Å². The number of amides is 1. The number of carbonyl (C=O) groups is 2. The quantitative estimate of drug-likeness (QED) is 0.368. The summed E-state index contributed by atoms with van der Waals surface area (Å²) in [4.78, 5) is 25.2. The van der Waals surface area contributed by atoms with Crippen LogP contribution in [0.5, 0.6) is 0 Å². The minimum atomic E-state index is -4.70. The number of hydrogen-bond acceptors (Lipinski definition) is 3. The van der Waals surface area contributed by atoms with Gasteiger partial charge in [0.1, 0.15) is 5.82 Å². The van der Waals surface area contributed by atoms with Crippen molar-refractivity contribution in [2.24, 2.45) is 0 Å². The number of aryl methyl sites for hydroxylation is 1. The van der Waals surface area contributed by atoms with Crippen molar-refractivity contribution in [1.82, 2.24) is 9.78 Å². The van der Waals surface area contributed by atoms with Crippen molar-refractivity contribution < 1.29 is 32.3 Å². The Morgan fingerprint density at radius 2 is 1.92 bits per heavy atom. The number of benzene rings is 2. The number of carboxylic acids is 1. The number of aromatic nitrogens is 2. The first kappa shape index (κ1) is 25.4. The number of aromatic carboxylic acids is 1. The Hall–Kier alpha value is -3.69. The fourth-order valence-electron chi connectivity index (χ4n) is 4.38. The molecule has 6 nitrogen and oxygen atoms in total. The molecule has 1 aliphatic rings. The van der Waals surface area contributed by atoms with Gasteiger partial charge in [-0.2, -0.15) is 18.3 Å². The zero-order valence-corrected chi connectivity index (χ0v) is 19.9. The number of carbonyl (C=O) groups excluding carboxylic acids is 1. The minimum absolute atomic E-state index is 0.0421. The van der Waals surface area contributed by atoms with Crippen LogP contribution in [0.15, 0.2) is 42.7 Å². The van der Waals surface area contributed by atoms with Crippen LogP contribution in [0, 0.1) is 12.7 Å². The number of nitrogens with one attached hydrogen (secondary N) is 1. The molecule has 10 heteroatoms. The predicted octanol–water partition coefficient (Wildman–Crippen LogP) is 6.36. The fraction of sp³-hybridized carbons (Fsp3) is 0.346. The predicted molar refractivity (Wildman–Crippen MR) is 125 cm³/mol. The number of rotatable bonds is 7. The van der Waals surface area contributed by atoms with Crippen LogP contribution in [0.25, 0.3) is 11.1 Å². The first-order valence-electron chi connectivity index (χ1n) is 11.5. The van der Waals surface area contributed by atoms with Gasteiger partial charge in [-0.25, -0.2) is 9.18 Å². The normalized spacial score (nSPS) is 15.4. The highest BCUT2D eigenvalue weighted by atomic mass is 19.4. The molecule has 1 fully saturated rings. The Morgan fingerprint density at radius 3 is 2.47 bits per heavy atom. The molecule has 0 saturated heterocycles. The van der Waals surface area contributed by atoms with Crippen LogP contribution in [-0.2, 0) is 16.4 Å². The molecule has 3 aromatic rings. The van der Waals surface area contributed by atoms with Crippen molar-refractivity contribution in [2.45, 2.75) is 57.7 Å². The fourth-order valence-corrected chi connectivity index (χ4v) is 4.38. The van der Waals surface area contributed by atoms with E-state index < -0.39 is 34.8 Å². The van der Waals surface area contributed by atoms with E-state index in [1.165, 1.54) is 6.07 Å². The standard InChI is InChI=1S/C26H25F4N3O3/c1-4-15(3)33-13-16(12-31-33)22-14(2)9-18(11-19(22)23(34)35)32-24(36)25(7-8-25)20-6-5-17(10-21(20)27)26(28,29)30/h5-6,9-13,15H,4,7-8H2,1-3H3,(H,32,36)(H,34,35)/t15-/m0/s1. The molecule has 1 heterocycles. The first-order valence-corrected chi connectivity index (χ1v) is 11.5. The molecule has 4 rings (SSSR count). The van der Waals surface area contributed by atoms with Crippen molar-refractivity contribution in [3.63, 3.8) is 0 Å². The maximum atomic E-state index is 14.6. The van der Waals surface area contributed by atoms with E-state index in [9.17, 15) is 32.3 Å². The summed E-state index contributed by atoms with van der Waals surface area (Å²) in [5.41, 5.74) is -0.725. The minimum Gasteiger partial charge on any atom is -0.478 e. The summed E-state index contributed by atoms with van der Waals surface area (Å²) in [6.45, 7) is 5.72. The van der Waals surface area contributed by atoms with Crippen LogP contribution >= 0.6 is 0 Å². The van der Waals surface area contributed by atoms with Gasteiger partial charge in [0.2, 0.25) is 5.91 Å². The third kappa shape index (κ3) is 4.59. The number of anilines is 1. The van der Waals surface area contributed by atoms with Gasteiger partial charge in [-0.05, 0) is 62.9 Å². The smallest absolute Gasteiger partial charge is 0.416 e. The van der Waals surface area contributed by atoms with Gasteiger partial charge in [-0.1, -0.05) is 13.0 Å². The molecule has 0 unspecified atom stereocenters. The second-order valence-corrected chi connectivity index (χ2v) is 9.22. The van der Waals surface area contributed by atoms with Gasteiger partial charge in [0.25, 0.3) is 0 Å². The highest BCUT2D eigenvalue weighted by Crippen LogP contribution is 2.50. The molecule has 36 heavy (non-hydrogen) atoms. The van der Waals surface area contributed by atoms with Crippen molar-refractivity contribution >= 4 is 17.6 Å². The molecule has 0 radical (unpaired) electrons. The topological polar surface area (TPSA) is 84.2 Å². The summed E-state index contributed by atoms with van der Waals surface area (Å²) >= 11 is 0. The summed E-state index contributed by atoms with van der Waals surface area (Å²) < 4.78 is 55.1. The molecule has 1 atom stereocenters. The molecule has 1 aliphatic carbocycles. The largest absolute Gasteiger partial charge is 0.478 e. The molecule has 190 valence electrons. The molecule has 1 saturated carbocycles. The van der Waals surface area contributed by atoms with Gasteiger partial charge in [0.15, 0.2) is 0 Å². The lowest BCUT2D eigenvalue weighted by molar-refractivity contribution is -0.137. The number of carboxylic acid groups (broad SMARTS) is 1. The maximum Gasteiger partial charge on any atom is 0.416 e. The molecule has 2 N–H and O–H groups in total. The average molecular weight is 503 g/mol. The van der Waals surface area contributed by atoms with Crippen LogP contribution < -0.4 is 5.32 Å². The van der Waals surface area contributed by atoms with Crippen LogP contribution in [0.2, 0.25) is 0 Å². The van der Waals surface area contributed by atoms with Gasteiger partial charge in [0, 0.05) is 34.6 Å². The summed E-state index contributed by atoms with van der Waals surface area (Å²) in [7, 11) is 0. The summed E-state index contributed by atoms with van der Waals surface area (Å²) in [5, 5.41) is 16.8. The van der Waals surface area contributed by atoms with Crippen molar-refractivity contribution in [3.8, 4) is 11.1 Å². The summed E-state index contributed by atoms with van der Waals surface area (Å²) in [5.74, 6) is -2.90. The van der Waals surface area contributed by atoms with Gasteiger partial charge < -0.3 is 10.4 Å².